The average Bonchev–Trinajstić information content (AvgIpc) is 2.47. The number of rotatable bonds is 4. The summed E-state index contributed by atoms with van der Waals surface area (Å²) in [4.78, 5) is 16.5. The molecule has 1 heterocycles. The number of nitrogens with zero attached hydrogens (tertiary/aromatic N) is 1. The van der Waals surface area contributed by atoms with Crippen molar-refractivity contribution < 1.29 is 4.79 Å². The topological polar surface area (TPSA) is 54.0 Å². The van der Waals surface area contributed by atoms with Crippen molar-refractivity contribution in [1.82, 2.24) is 10.3 Å². The summed E-state index contributed by atoms with van der Waals surface area (Å²) in [6, 6.07) is 11.3. The molecule has 2 N–H and O–H groups in total. The molecule has 20 heavy (non-hydrogen) atoms. The molecule has 1 unspecified atom stereocenters. The molecule has 0 saturated carbocycles. The second-order valence-corrected chi connectivity index (χ2v) is 4.73. The van der Waals surface area contributed by atoms with Gasteiger partial charge in [0.15, 0.2) is 0 Å². The molecule has 0 saturated heterocycles. The van der Waals surface area contributed by atoms with Crippen molar-refractivity contribution in [2.24, 2.45) is 0 Å². The Balaban J connectivity index is 2.12. The van der Waals surface area contributed by atoms with Crippen molar-refractivity contribution in [3.63, 3.8) is 0 Å². The van der Waals surface area contributed by atoms with E-state index in [4.69, 9.17) is 0 Å². The molecule has 1 aromatic heterocycles. The number of aromatic nitrogens is 1. The van der Waals surface area contributed by atoms with Crippen LogP contribution in [0.25, 0.3) is 0 Å². The standard InChI is InChI=1S/C16H19N3O/c1-11-10-13(17-3)7-8-14(11)16(20)19-12(2)15-6-4-5-9-18-15/h4-10,12,17H,1-3H3,(H,19,20). The van der Waals surface area contributed by atoms with Gasteiger partial charge in [-0.2, -0.15) is 0 Å². The van der Waals surface area contributed by atoms with E-state index >= 15 is 0 Å². The summed E-state index contributed by atoms with van der Waals surface area (Å²) in [6.45, 7) is 3.86. The maximum Gasteiger partial charge on any atom is 0.252 e. The Hall–Kier alpha value is -2.36. The Labute approximate surface area is 119 Å². The van der Waals surface area contributed by atoms with Crippen LogP contribution >= 0.6 is 0 Å². The van der Waals surface area contributed by atoms with E-state index in [2.05, 4.69) is 15.6 Å². The van der Waals surface area contributed by atoms with Crippen LogP contribution in [0, 0.1) is 6.92 Å². The maximum absolute atomic E-state index is 12.3. The fourth-order valence-electron chi connectivity index (χ4n) is 2.05. The van der Waals surface area contributed by atoms with Crippen LogP contribution in [-0.4, -0.2) is 17.9 Å². The highest BCUT2D eigenvalue weighted by Gasteiger charge is 2.14. The van der Waals surface area contributed by atoms with E-state index in [0.29, 0.717) is 5.56 Å². The number of carbonyl (C=O) groups is 1. The summed E-state index contributed by atoms with van der Waals surface area (Å²) in [5.41, 5.74) is 3.48. The summed E-state index contributed by atoms with van der Waals surface area (Å²) in [7, 11) is 1.86. The van der Waals surface area contributed by atoms with Crippen molar-refractivity contribution >= 4 is 11.6 Å². The van der Waals surface area contributed by atoms with Crippen LogP contribution in [0.1, 0.15) is 34.6 Å². The van der Waals surface area contributed by atoms with Gasteiger partial charge in [0.1, 0.15) is 0 Å². The van der Waals surface area contributed by atoms with Crippen LogP contribution in [0.3, 0.4) is 0 Å². The largest absolute Gasteiger partial charge is 0.388 e. The van der Waals surface area contributed by atoms with Gasteiger partial charge in [0.05, 0.1) is 11.7 Å². The van der Waals surface area contributed by atoms with Gasteiger partial charge in [-0.25, -0.2) is 0 Å². The zero-order valence-electron chi connectivity index (χ0n) is 12.0. The number of carbonyl (C=O) groups excluding carboxylic acids is 1. The van der Waals surface area contributed by atoms with Crippen LogP contribution in [0.5, 0.6) is 0 Å². The minimum atomic E-state index is -0.118. The zero-order chi connectivity index (χ0) is 14.5. The average molecular weight is 269 g/mol. The molecule has 0 spiro atoms. The van der Waals surface area contributed by atoms with Gasteiger partial charge in [-0.15, -0.1) is 0 Å². The lowest BCUT2D eigenvalue weighted by atomic mass is 10.1. The Kier molecular flexibility index (Phi) is 4.35. The molecule has 0 bridgehead atoms. The number of hydrogen-bond acceptors (Lipinski definition) is 3. The highest BCUT2D eigenvalue weighted by atomic mass is 16.1. The predicted octanol–water partition coefficient (Wildman–Crippen LogP) is 2.92. The molecule has 4 heteroatoms. The van der Waals surface area contributed by atoms with Gasteiger partial charge in [0, 0.05) is 24.5 Å². The van der Waals surface area contributed by atoms with Crippen LogP contribution in [0.2, 0.25) is 0 Å². The Morgan fingerprint density at radius 3 is 2.65 bits per heavy atom. The summed E-state index contributed by atoms with van der Waals surface area (Å²) in [6.07, 6.45) is 1.73. The molecule has 1 atom stereocenters. The van der Waals surface area contributed by atoms with E-state index in [9.17, 15) is 4.79 Å². The normalized spacial score (nSPS) is 11.8. The second kappa shape index (κ2) is 6.19. The van der Waals surface area contributed by atoms with Crippen molar-refractivity contribution in [3.05, 3.63) is 59.4 Å². The number of anilines is 1. The summed E-state index contributed by atoms with van der Waals surface area (Å²) in [5, 5.41) is 6.03. The lowest BCUT2D eigenvalue weighted by Gasteiger charge is -2.15. The minimum Gasteiger partial charge on any atom is -0.388 e. The second-order valence-electron chi connectivity index (χ2n) is 4.73. The first-order chi connectivity index (χ1) is 9.61. The van der Waals surface area contributed by atoms with E-state index < -0.39 is 0 Å². The summed E-state index contributed by atoms with van der Waals surface area (Å²) in [5.74, 6) is -0.0803. The van der Waals surface area contributed by atoms with Crippen molar-refractivity contribution in [2.45, 2.75) is 19.9 Å². The minimum absolute atomic E-state index is 0.0803. The third-order valence-corrected chi connectivity index (χ3v) is 3.24. The van der Waals surface area contributed by atoms with Gasteiger partial charge in [-0.05, 0) is 49.7 Å². The van der Waals surface area contributed by atoms with Gasteiger partial charge in [-0.1, -0.05) is 6.07 Å². The van der Waals surface area contributed by atoms with Gasteiger partial charge in [0.2, 0.25) is 0 Å². The smallest absolute Gasteiger partial charge is 0.252 e. The molecule has 2 aromatic rings. The van der Waals surface area contributed by atoms with Crippen LogP contribution in [0.15, 0.2) is 42.6 Å². The first-order valence-electron chi connectivity index (χ1n) is 6.62. The van der Waals surface area contributed by atoms with Crippen LogP contribution in [0.4, 0.5) is 5.69 Å². The molecule has 104 valence electrons. The number of hydrogen-bond donors (Lipinski definition) is 2. The number of amides is 1. The third kappa shape index (κ3) is 3.15. The maximum atomic E-state index is 12.3. The first kappa shape index (κ1) is 14.1. The molecule has 0 aliphatic carbocycles. The summed E-state index contributed by atoms with van der Waals surface area (Å²) < 4.78 is 0. The third-order valence-electron chi connectivity index (χ3n) is 3.24. The van der Waals surface area contributed by atoms with Gasteiger partial charge in [0.25, 0.3) is 5.91 Å². The fraction of sp³-hybridized carbons (Fsp3) is 0.250. The molecular weight excluding hydrogens is 250 g/mol. The molecule has 0 radical (unpaired) electrons. The number of pyridine rings is 1. The van der Waals surface area contributed by atoms with E-state index in [1.54, 1.807) is 6.20 Å². The lowest BCUT2D eigenvalue weighted by molar-refractivity contribution is 0.0938. The van der Waals surface area contributed by atoms with Crippen LogP contribution in [-0.2, 0) is 0 Å². The molecule has 0 aliphatic rings. The van der Waals surface area contributed by atoms with Gasteiger partial charge < -0.3 is 10.6 Å². The highest BCUT2D eigenvalue weighted by molar-refractivity contribution is 5.96. The van der Waals surface area contributed by atoms with E-state index in [0.717, 1.165) is 16.9 Å². The molecular formula is C16H19N3O. The number of benzene rings is 1. The molecule has 1 amide bonds. The number of nitrogens with one attached hydrogen (secondary N) is 2. The zero-order valence-corrected chi connectivity index (χ0v) is 12.0. The molecule has 0 fully saturated rings. The Morgan fingerprint density at radius 1 is 1.25 bits per heavy atom. The summed E-state index contributed by atoms with van der Waals surface area (Å²) >= 11 is 0. The monoisotopic (exact) mass is 269 g/mol. The lowest BCUT2D eigenvalue weighted by Crippen LogP contribution is -2.27. The molecule has 0 aliphatic heterocycles. The fourth-order valence-corrected chi connectivity index (χ4v) is 2.05. The van der Waals surface area contributed by atoms with Crippen molar-refractivity contribution in [1.29, 1.82) is 0 Å². The van der Waals surface area contributed by atoms with E-state index in [1.165, 1.54) is 0 Å². The highest BCUT2D eigenvalue weighted by Crippen LogP contribution is 2.16. The Morgan fingerprint density at radius 2 is 2.05 bits per heavy atom. The molecule has 1 aromatic carbocycles. The number of aryl methyl sites for hydroxylation is 1. The first-order valence-corrected chi connectivity index (χ1v) is 6.62. The molecule has 2 rings (SSSR count). The van der Waals surface area contributed by atoms with Gasteiger partial charge >= 0.3 is 0 Å². The van der Waals surface area contributed by atoms with E-state index in [-0.39, 0.29) is 11.9 Å². The SMILES string of the molecule is CNc1ccc(C(=O)NC(C)c2ccccn2)c(C)c1. The quantitative estimate of drug-likeness (QED) is 0.897. The van der Waals surface area contributed by atoms with Gasteiger partial charge in [-0.3, -0.25) is 9.78 Å². The van der Waals surface area contributed by atoms with Crippen molar-refractivity contribution in [3.8, 4) is 0 Å². The van der Waals surface area contributed by atoms with Crippen LogP contribution < -0.4 is 10.6 Å². The predicted molar refractivity (Wildman–Crippen MR) is 80.8 cm³/mol. The molecule has 4 nitrogen and oxygen atoms in total. The Bertz CT molecular complexity index is 596. The van der Waals surface area contributed by atoms with Crippen molar-refractivity contribution in [2.75, 3.05) is 12.4 Å². The van der Waals surface area contributed by atoms with E-state index in [1.807, 2.05) is 57.3 Å².